The zero-order chi connectivity index (χ0) is 11.3. The van der Waals surface area contributed by atoms with Gasteiger partial charge in [0.1, 0.15) is 0 Å². The van der Waals surface area contributed by atoms with Crippen LogP contribution >= 0.6 is 0 Å². The monoisotopic (exact) mass is 211 g/mol. The van der Waals surface area contributed by atoms with Crippen LogP contribution < -0.4 is 5.32 Å². The van der Waals surface area contributed by atoms with Gasteiger partial charge in [0.25, 0.3) is 0 Å². The van der Waals surface area contributed by atoms with Gasteiger partial charge >= 0.3 is 0 Å². The predicted octanol–water partition coefficient (Wildman–Crippen LogP) is 3.84. The number of hydrogen-bond acceptors (Lipinski definition) is 1. The fraction of sp³-hybridized carbons (Fsp3) is 1.00. The van der Waals surface area contributed by atoms with Crippen molar-refractivity contribution in [2.75, 3.05) is 6.54 Å². The van der Waals surface area contributed by atoms with Crippen molar-refractivity contribution >= 4 is 0 Å². The van der Waals surface area contributed by atoms with Gasteiger partial charge in [-0.1, -0.05) is 40.5 Å². The maximum atomic E-state index is 3.77. The summed E-state index contributed by atoms with van der Waals surface area (Å²) in [5.74, 6) is 2.74. The van der Waals surface area contributed by atoms with Crippen molar-refractivity contribution in [3.63, 3.8) is 0 Å². The van der Waals surface area contributed by atoms with Gasteiger partial charge in [-0.05, 0) is 43.6 Å². The van der Waals surface area contributed by atoms with Gasteiger partial charge in [-0.3, -0.25) is 0 Å². The van der Waals surface area contributed by atoms with Crippen molar-refractivity contribution in [2.45, 2.75) is 65.8 Å². The average molecular weight is 211 g/mol. The summed E-state index contributed by atoms with van der Waals surface area (Å²) < 4.78 is 0. The summed E-state index contributed by atoms with van der Waals surface area (Å²) in [5, 5.41) is 3.77. The highest BCUT2D eigenvalue weighted by molar-refractivity contribution is 4.80. The largest absolute Gasteiger partial charge is 0.314 e. The molecule has 0 aliphatic heterocycles. The molecule has 0 aromatic rings. The first-order valence-electron chi connectivity index (χ1n) is 6.90. The van der Waals surface area contributed by atoms with Crippen LogP contribution in [-0.4, -0.2) is 12.6 Å². The van der Waals surface area contributed by atoms with Crippen LogP contribution in [0.4, 0.5) is 0 Å². The van der Waals surface area contributed by atoms with Gasteiger partial charge in [-0.15, -0.1) is 0 Å². The van der Waals surface area contributed by atoms with E-state index in [1.165, 1.54) is 38.6 Å². The van der Waals surface area contributed by atoms with Crippen LogP contribution in [-0.2, 0) is 0 Å². The molecule has 1 aliphatic carbocycles. The first-order valence-corrected chi connectivity index (χ1v) is 6.90. The van der Waals surface area contributed by atoms with Crippen LogP contribution in [0.2, 0.25) is 0 Å². The average Bonchev–Trinajstić information content (AvgIpc) is 2.24. The first kappa shape index (κ1) is 13.0. The quantitative estimate of drug-likeness (QED) is 0.728. The Hall–Kier alpha value is -0.0400. The van der Waals surface area contributed by atoms with Gasteiger partial charge in [-0.25, -0.2) is 0 Å². The molecule has 1 nitrogen and oxygen atoms in total. The van der Waals surface area contributed by atoms with E-state index < -0.39 is 0 Å². The molecular formula is C14H29N. The minimum atomic E-state index is 0.803. The first-order chi connectivity index (χ1) is 7.17. The third-order valence-electron chi connectivity index (χ3n) is 4.45. The molecule has 0 amide bonds. The Bertz CT molecular complexity index is 163. The summed E-state index contributed by atoms with van der Waals surface area (Å²) >= 11 is 0. The number of rotatable bonds is 5. The molecular weight excluding hydrogens is 182 g/mol. The van der Waals surface area contributed by atoms with Crippen molar-refractivity contribution in [3.05, 3.63) is 0 Å². The van der Waals surface area contributed by atoms with Crippen LogP contribution in [0, 0.1) is 17.8 Å². The summed E-state index contributed by atoms with van der Waals surface area (Å²) in [6.07, 6.45) is 6.85. The van der Waals surface area contributed by atoms with E-state index in [1.54, 1.807) is 0 Å². The molecule has 0 saturated heterocycles. The lowest BCUT2D eigenvalue weighted by atomic mass is 9.79. The van der Waals surface area contributed by atoms with E-state index in [1.807, 2.05) is 0 Å². The third kappa shape index (κ3) is 4.14. The molecule has 90 valence electrons. The molecule has 0 bridgehead atoms. The molecule has 0 heterocycles. The van der Waals surface area contributed by atoms with Crippen molar-refractivity contribution in [1.29, 1.82) is 0 Å². The van der Waals surface area contributed by atoms with Gasteiger partial charge in [0.2, 0.25) is 0 Å². The Morgan fingerprint density at radius 2 is 1.73 bits per heavy atom. The molecule has 1 aliphatic rings. The maximum absolute atomic E-state index is 3.77. The second kappa shape index (κ2) is 6.52. The normalized spacial score (nSPS) is 32.2. The molecule has 3 unspecified atom stereocenters. The van der Waals surface area contributed by atoms with E-state index in [2.05, 4.69) is 33.0 Å². The topological polar surface area (TPSA) is 12.0 Å². The van der Waals surface area contributed by atoms with E-state index in [9.17, 15) is 0 Å². The molecule has 1 rings (SSSR count). The smallest absolute Gasteiger partial charge is 0.00699 e. The van der Waals surface area contributed by atoms with E-state index in [-0.39, 0.29) is 0 Å². The van der Waals surface area contributed by atoms with Gasteiger partial charge in [-0.2, -0.15) is 0 Å². The Morgan fingerprint density at radius 3 is 2.27 bits per heavy atom. The summed E-state index contributed by atoms with van der Waals surface area (Å²) in [4.78, 5) is 0. The minimum absolute atomic E-state index is 0.803. The number of hydrogen-bond donors (Lipinski definition) is 1. The zero-order valence-corrected chi connectivity index (χ0v) is 11.1. The fourth-order valence-electron chi connectivity index (χ4n) is 2.64. The Balaban J connectivity index is 2.22. The van der Waals surface area contributed by atoms with E-state index in [4.69, 9.17) is 0 Å². The third-order valence-corrected chi connectivity index (χ3v) is 4.45. The molecule has 1 heteroatoms. The SMILES string of the molecule is CCC(CC)CNC1CCC(C)C(C)C1. The molecule has 0 spiro atoms. The van der Waals surface area contributed by atoms with Crippen LogP contribution in [0.25, 0.3) is 0 Å². The van der Waals surface area contributed by atoms with E-state index >= 15 is 0 Å². The van der Waals surface area contributed by atoms with Gasteiger partial charge < -0.3 is 5.32 Å². The second-order valence-electron chi connectivity index (χ2n) is 5.56. The zero-order valence-electron chi connectivity index (χ0n) is 11.1. The summed E-state index contributed by atoms with van der Waals surface area (Å²) in [6.45, 7) is 10.7. The van der Waals surface area contributed by atoms with Gasteiger partial charge in [0.15, 0.2) is 0 Å². The highest BCUT2D eigenvalue weighted by atomic mass is 14.9. The van der Waals surface area contributed by atoms with Crippen LogP contribution in [0.5, 0.6) is 0 Å². The highest BCUT2D eigenvalue weighted by Crippen LogP contribution is 2.29. The highest BCUT2D eigenvalue weighted by Gasteiger charge is 2.24. The molecule has 15 heavy (non-hydrogen) atoms. The minimum Gasteiger partial charge on any atom is -0.314 e. The Kier molecular flexibility index (Phi) is 5.66. The Labute approximate surface area is 96.0 Å². The molecule has 1 saturated carbocycles. The van der Waals surface area contributed by atoms with Crippen molar-refractivity contribution in [2.24, 2.45) is 17.8 Å². The molecule has 0 aromatic heterocycles. The maximum Gasteiger partial charge on any atom is 0.00699 e. The van der Waals surface area contributed by atoms with Crippen LogP contribution in [0.15, 0.2) is 0 Å². The van der Waals surface area contributed by atoms with Crippen molar-refractivity contribution in [3.8, 4) is 0 Å². The summed E-state index contributed by atoms with van der Waals surface area (Å²) in [5.41, 5.74) is 0. The van der Waals surface area contributed by atoms with Gasteiger partial charge in [0.05, 0.1) is 0 Å². The fourth-order valence-corrected chi connectivity index (χ4v) is 2.64. The molecule has 1 fully saturated rings. The van der Waals surface area contributed by atoms with E-state index in [0.29, 0.717) is 0 Å². The second-order valence-corrected chi connectivity index (χ2v) is 5.56. The summed E-state index contributed by atoms with van der Waals surface area (Å²) in [6, 6.07) is 0.803. The van der Waals surface area contributed by atoms with Gasteiger partial charge in [0, 0.05) is 6.04 Å². The lowest BCUT2D eigenvalue weighted by molar-refractivity contribution is 0.219. The summed E-state index contributed by atoms with van der Waals surface area (Å²) in [7, 11) is 0. The van der Waals surface area contributed by atoms with Crippen LogP contribution in [0.3, 0.4) is 0 Å². The lowest BCUT2D eigenvalue weighted by Gasteiger charge is -2.33. The molecule has 1 N–H and O–H groups in total. The lowest BCUT2D eigenvalue weighted by Crippen LogP contribution is -2.38. The standard InChI is InChI=1S/C14H29N/c1-5-13(6-2)10-15-14-8-7-11(3)12(4)9-14/h11-15H,5-10H2,1-4H3. The van der Waals surface area contributed by atoms with Crippen molar-refractivity contribution in [1.82, 2.24) is 5.32 Å². The van der Waals surface area contributed by atoms with Crippen LogP contribution in [0.1, 0.15) is 59.8 Å². The molecule has 3 atom stereocenters. The van der Waals surface area contributed by atoms with Crippen molar-refractivity contribution < 1.29 is 0 Å². The van der Waals surface area contributed by atoms with E-state index in [0.717, 1.165) is 23.8 Å². The molecule has 0 aromatic carbocycles. The molecule has 0 radical (unpaired) electrons. The Morgan fingerprint density at radius 1 is 1.07 bits per heavy atom. The predicted molar refractivity (Wildman–Crippen MR) is 68.0 cm³/mol. The number of nitrogens with one attached hydrogen (secondary N) is 1.